The van der Waals surface area contributed by atoms with Gasteiger partial charge in [-0.1, -0.05) is 60.7 Å². The van der Waals surface area contributed by atoms with E-state index in [4.69, 9.17) is 0 Å². The molecule has 0 fully saturated rings. The zero-order valence-corrected chi connectivity index (χ0v) is 11.9. The van der Waals surface area contributed by atoms with Crippen LogP contribution in [-0.4, -0.2) is 4.98 Å². The minimum absolute atomic E-state index is 1.02. The van der Waals surface area contributed by atoms with Gasteiger partial charge in [0.25, 0.3) is 0 Å². The van der Waals surface area contributed by atoms with E-state index in [1.165, 1.54) is 27.1 Å². The Balaban J connectivity index is 1.86. The molecule has 0 amide bonds. The van der Waals surface area contributed by atoms with Gasteiger partial charge in [0, 0.05) is 23.2 Å². The summed E-state index contributed by atoms with van der Waals surface area (Å²) < 4.78 is 0. The summed E-state index contributed by atoms with van der Waals surface area (Å²) in [5, 5.41) is 4.94. The van der Waals surface area contributed by atoms with E-state index in [0.29, 0.717) is 0 Å². The van der Waals surface area contributed by atoms with Crippen molar-refractivity contribution in [3.05, 3.63) is 95.8 Å². The summed E-state index contributed by atoms with van der Waals surface area (Å²) in [7, 11) is 0. The van der Waals surface area contributed by atoms with Crippen LogP contribution in [0.25, 0.3) is 27.1 Å². The molecular weight excluding hydrogens is 266 g/mol. The number of rotatable bonds is 1. The minimum atomic E-state index is 1.02. The summed E-state index contributed by atoms with van der Waals surface area (Å²) in [6, 6.07) is 23.3. The van der Waals surface area contributed by atoms with Gasteiger partial charge in [0.15, 0.2) is 0 Å². The van der Waals surface area contributed by atoms with Crippen molar-refractivity contribution in [2.24, 2.45) is 0 Å². The summed E-state index contributed by atoms with van der Waals surface area (Å²) in [6.45, 7) is 0. The summed E-state index contributed by atoms with van der Waals surface area (Å²) >= 11 is 0. The third-order valence-electron chi connectivity index (χ3n) is 4.34. The molecule has 1 aromatic heterocycles. The first-order valence-corrected chi connectivity index (χ1v) is 7.42. The molecule has 101 valence electrons. The van der Waals surface area contributed by atoms with Crippen molar-refractivity contribution in [2.75, 3.05) is 0 Å². The number of hydrogen-bond acceptors (Lipinski definition) is 1. The van der Waals surface area contributed by atoms with E-state index >= 15 is 0 Å². The average molecular weight is 278 g/mol. The third kappa shape index (κ3) is 1.51. The van der Waals surface area contributed by atoms with Crippen LogP contribution in [0.4, 0.5) is 0 Å². The van der Waals surface area contributed by atoms with Gasteiger partial charge < -0.3 is 0 Å². The fourth-order valence-electron chi connectivity index (χ4n) is 3.36. The maximum Gasteiger partial charge on any atom is 0.0793 e. The topological polar surface area (TPSA) is 12.9 Å². The van der Waals surface area contributed by atoms with Crippen molar-refractivity contribution >= 4 is 27.1 Å². The molecular formula is C21H12N. The molecule has 0 aliphatic heterocycles. The van der Waals surface area contributed by atoms with Gasteiger partial charge in [-0.3, -0.25) is 4.98 Å². The normalized spacial score (nSPS) is 12.8. The van der Waals surface area contributed by atoms with Crippen LogP contribution in [0.3, 0.4) is 0 Å². The Hall–Kier alpha value is -2.93. The van der Waals surface area contributed by atoms with Gasteiger partial charge in [0.05, 0.1) is 5.69 Å². The molecule has 3 aromatic carbocycles. The second kappa shape index (κ2) is 4.28. The van der Waals surface area contributed by atoms with Crippen LogP contribution in [0, 0.1) is 6.08 Å². The molecule has 5 rings (SSSR count). The SMILES string of the molecule is [C]1=C(c2nccc3ccccc23)c2cccc3cccc1c23. The molecule has 22 heavy (non-hydrogen) atoms. The monoisotopic (exact) mass is 278 g/mol. The second-order valence-electron chi connectivity index (χ2n) is 5.59. The Morgan fingerprint density at radius 3 is 2.50 bits per heavy atom. The molecule has 0 unspecified atom stereocenters. The van der Waals surface area contributed by atoms with Gasteiger partial charge >= 0.3 is 0 Å². The number of fused-ring (bicyclic) bond motifs is 1. The highest BCUT2D eigenvalue weighted by Gasteiger charge is 2.20. The van der Waals surface area contributed by atoms with E-state index in [1.807, 2.05) is 6.20 Å². The third-order valence-corrected chi connectivity index (χ3v) is 4.34. The maximum absolute atomic E-state index is 4.66. The first-order chi connectivity index (χ1) is 10.9. The average Bonchev–Trinajstić information content (AvgIpc) is 2.95. The van der Waals surface area contributed by atoms with Crippen LogP contribution in [-0.2, 0) is 0 Å². The predicted octanol–water partition coefficient (Wildman–Crippen LogP) is 4.98. The summed E-state index contributed by atoms with van der Waals surface area (Å²) in [6.07, 6.45) is 5.46. The largest absolute Gasteiger partial charge is 0.256 e. The van der Waals surface area contributed by atoms with Gasteiger partial charge in [-0.25, -0.2) is 0 Å². The highest BCUT2D eigenvalue weighted by Crippen LogP contribution is 2.39. The zero-order valence-electron chi connectivity index (χ0n) is 11.9. The summed E-state index contributed by atoms with van der Waals surface area (Å²) in [4.78, 5) is 4.66. The minimum Gasteiger partial charge on any atom is -0.256 e. The van der Waals surface area contributed by atoms with Crippen molar-refractivity contribution in [2.45, 2.75) is 0 Å². The number of aromatic nitrogens is 1. The number of benzene rings is 3. The molecule has 0 spiro atoms. The first kappa shape index (κ1) is 11.7. The van der Waals surface area contributed by atoms with E-state index < -0.39 is 0 Å². The van der Waals surface area contributed by atoms with Crippen LogP contribution in [0.15, 0.2) is 72.9 Å². The maximum atomic E-state index is 4.66. The smallest absolute Gasteiger partial charge is 0.0793 e. The van der Waals surface area contributed by atoms with E-state index in [0.717, 1.165) is 16.8 Å². The highest BCUT2D eigenvalue weighted by molar-refractivity contribution is 6.07. The first-order valence-electron chi connectivity index (χ1n) is 7.42. The zero-order chi connectivity index (χ0) is 14.5. The predicted molar refractivity (Wildman–Crippen MR) is 90.5 cm³/mol. The van der Waals surface area contributed by atoms with Gasteiger partial charge in [-0.2, -0.15) is 0 Å². The van der Waals surface area contributed by atoms with E-state index in [9.17, 15) is 0 Å². The second-order valence-corrected chi connectivity index (χ2v) is 5.59. The van der Waals surface area contributed by atoms with Crippen molar-refractivity contribution in [1.29, 1.82) is 0 Å². The number of nitrogens with zero attached hydrogens (tertiary/aromatic N) is 1. The highest BCUT2D eigenvalue weighted by atomic mass is 14.7. The summed E-state index contributed by atoms with van der Waals surface area (Å²) in [5.74, 6) is 0. The van der Waals surface area contributed by atoms with Gasteiger partial charge in [-0.15, -0.1) is 0 Å². The Morgan fingerprint density at radius 1 is 0.727 bits per heavy atom. The number of pyridine rings is 1. The molecule has 0 N–H and O–H groups in total. The Kier molecular flexibility index (Phi) is 2.28. The van der Waals surface area contributed by atoms with E-state index in [2.05, 4.69) is 77.8 Å². The Labute approximate surface area is 128 Å². The van der Waals surface area contributed by atoms with Crippen LogP contribution in [0.5, 0.6) is 0 Å². The molecule has 1 heterocycles. The van der Waals surface area contributed by atoms with Crippen LogP contribution in [0.1, 0.15) is 16.8 Å². The van der Waals surface area contributed by atoms with Crippen molar-refractivity contribution in [3.63, 3.8) is 0 Å². The lowest BCUT2D eigenvalue weighted by Gasteiger charge is -2.08. The van der Waals surface area contributed by atoms with Crippen molar-refractivity contribution in [3.8, 4) is 0 Å². The van der Waals surface area contributed by atoms with Gasteiger partial charge in [-0.05, 0) is 33.4 Å². The fraction of sp³-hybridized carbons (Fsp3) is 0. The van der Waals surface area contributed by atoms with Crippen molar-refractivity contribution in [1.82, 2.24) is 4.98 Å². The standard InChI is InChI=1S/C21H12N/c1-2-9-17-14(5-1)11-12-22-21(17)19-13-16-8-3-6-15-7-4-10-18(19)20(15)16/h1-12H. The van der Waals surface area contributed by atoms with Crippen LogP contribution < -0.4 is 0 Å². The molecule has 0 atom stereocenters. The fourth-order valence-corrected chi connectivity index (χ4v) is 3.36. The van der Waals surface area contributed by atoms with E-state index in [1.54, 1.807) is 0 Å². The molecule has 0 saturated heterocycles. The molecule has 1 aliphatic rings. The Morgan fingerprint density at radius 2 is 1.55 bits per heavy atom. The molecule has 0 saturated carbocycles. The quantitative estimate of drug-likeness (QED) is 0.421. The lowest BCUT2D eigenvalue weighted by Crippen LogP contribution is -1.91. The number of hydrogen-bond donors (Lipinski definition) is 0. The molecule has 0 bridgehead atoms. The lowest BCUT2D eigenvalue weighted by molar-refractivity contribution is 1.31. The molecule has 1 nitrogen and oxygen atoms in total. The van der Waals surface area contributed by atoms with Crippen LogP contribution in [0.2, 0.25) is 0 Å². The van der Waals surface area contributed by atoms with Gasteiger partial charge in [0.2, 0.25) is 0 Å². The Bertz CT molecular complexity index is 1060. The van der Waals surface area contributed by atoms with Gasteiger partial charge in [0.1, 0.15) is 0 Å². The molecule has 1 aliphatic carbocycles. The molecule has 4 aromatic rings. The van der Waals surface area contributed by atoms with Crippen molar-refractivity contribution < 1.29 is 0 Å². The lowest BCUT2D eigenvalue weighted by atomic mass is 9.98. The molecule has 1 radical (unpaired) electrons. The van der Waals surface area contributed by atoms with E-state index in [-0.39, 0.29) is 0 Å². The summed E-state index contributed by atoms with van der Waals surface area (Å²) in [5.41, 5.74) is 4.51. The van der Waals surface area contributed by atoms with Crippen LogP contribution >= 0.6 is 0 Å². The molecule has 1 heteroatoms.